The highest BCUT2D eigenvalue weighted by Crippen LogP contribution is 2.23. The number of rotatable bonds is 5. The van der Waals surface area contributed by atoms with Crippen molar-refractivity contribution >= 4 is 29.2 Å². The van der Waals surface area contributed by atoms with Crippen molar-refractivity contribution in [1.29, 1.82) is 0 Å². The van der Waals surface area contributed by atoms with Crippen LogP contribution in [0.25, 0.3) is 0 Å². The number of aromatic carboxylic acids is 1. The van der Waals surface area contributed by atoms with Crippen LogP contribution in [0.3, 0.4) is 0 Å². The normalized spacial score (nSPS) is 12.4. The minimum Gasteiger partial charge on any atom is -0.478 e. The van der Waals surface area contributed by atoms with Gasteiger partial charge < -0.3 is 9.84 Å². The Bertz CT molecular complexity index is 516. The molecule has 0 aliphatic rings. The van der Waals surface area contributed by atoms with E-state index in [-0.39, 0.29) is 17.2 Å². The SMILES string of the molecule is CCOC(=O)C(C)N=Nc1ccc(C(=O)O)c(Cl)c1. The molecule has 0 saturated carbocycles. The van der Waals surface area contributed by atoms with E-state index in [9.17, 15) is 9.59 Å². The molecule has 0 radical (unpaired) electrons. The molecule has 1 aromatic rings. The predicted molar refractivity (Wildman–Crippen MR) is 69.0 cm³/mol. The molecule has 0 saturated heterocycles. The average Bonchev–Trinajstić information content (AvgIpc) is 2.35. The van der Waals surface area contributed by atoms with Gasteiger partial charge in [-0.3, -0.25) is 0 Å². The maximum Gasteiger partial charge on any atom is 0.337 e. The third kappa shape index (κ3) is 4.33. The first-order chi connectivity index (χ1) is 8.95. The number of hydrogen-bond acceptors (Lipinski definition) is 5. The molecule has 7 heteroatoms. The highest BCUT2D eigenvalue weighted by molar-refractivity contribution is 6.33. The van der Waals surface area contributed by atoms with Crippen LogP contribution in [0.2, 0.25) is 5.02 Å². The molecule has 0 aromatic heterocycles. The van der Waals surface area contributed by atoms with Gasteiger partial charge in [-0.25, -0.2) is 9.59 Å². The number of azo groups is 1. The third-order valence-corrected chi connectivity index (χ3v) is 2.47. The van der Waals surface area contributed by atoms with Crippen molar-refractivity contribution in [1.82, 2.24) is 0 Å². The van der Waals surface area contributed by atoms with E-state index in [2.05, 4.69) is 10.2 Å². The van der Waals surface area contributed by atoms with Crippen molar-refractivity contribution in [3.05, 3.63) is 28.8 Å². The van der Waals surface area contributed by atoms with Gasteiger partial charge >= 0.3 is 11.9 Å². The summed E-state index contributed by atoms with van der Waals surface area (Å²) in [6.07, 6.45) is 0. The van der Waals surface area contributed by atoms with E-state index < -0.39 is 18.0 Å². The smallest absolute Gasteiger partial charge is 0.337 e. The summed E-state index contributed by atoms with van der Waals surface area (Å²) in [7, 11) is 0. The lowest BCUT2D eigenvalue weighted by Crippen LogP contribution is -2.17. The maximum atomic E-state index is 11.3. The Balaban J connectivity index is 2.80. The van der Waals surface area contributed by atoms with Crippen LogP contribution in [0.15, 0.2) is 28.4 Å². The summed E-state index contributed by atoms with van der Waals surface area (Å²) in [5.41, 5.74) is 0.352. The van der Waals surface area contributed by atoms with Gasteiger partial charge in [0.2, 0.25) is 0 Å². The van der Waals surface area contributed by atoms with E-state index in [4.69, 9.17) is 21.4 Å². The summed E-state index contributed by atoms with van der Waals surface area (Å²) in [5, 5.41) is 16.5. The van der Waals surface area contributed by atoms with Gasteiger partial charge in [-0.15, -0.1) is 0 Å². The molecule has 0 aliphatic carbocycles. The van der Waals surface area contributed by atoms with E-state index in [1.54, 1.807) is 13.8 Å². The fraction of sp³-hybridized carbons (Fsp3) is 0.333. The molecule has 0 aliphatic heterocycles. The van der Waals surface area contributed by atoms with E-state index in [1.807, 2.05) is 0 Å². The number of ether oxygens (including phenoxy) is 1. The first kappa shape index (κ1) is 15.1. The van der Waals surface area contributed by atoms with Crippen molar-refractivity contribution in [2.24, 2.45) is 10.2 Å². The fourth-order valence-electron chi connectivity index (χ4n) is 1.20. The first-order valence-corrected chi connectivity index (χ1v) is 5.93. The number of carboxylic acid groups (broad SMARTS) is 1. The molecular formula is C12H13ClN2O4. The van der Waals surface area contributed by atoms with Crippen molar-refractivity contribution < 1.29 is 19.4 Å². The Kier molecular flexibility index (Phi) is 5.44. The summed E-state index contributed by atoms with van der Waals surface area (Å²) < 4.78 is 4.77. The number of carbonyl (C=O) groups excluding carboxylic acids is 1. The Hall–Kier alpha value is -1.95. The predicted octanol–water partition coefficient (Wildman–Crippen LogP) is 3.07. The molecule has 1 atom stereocenters. The van der Waals surface area contributed by atoms with Crippen LogP contribution < -0.4 is 0 Å². The highest BCUT2D eigenvalue weighted by Gasteiger charge is 2.13. The van der Waals surface area contributed by atoms with Crippen molar-refractivity contribution in [2.45, 2.75) is 19.9 Å². The van der Waals surface area contributed by atoms with Gasteiger partial charge in [0.05, 0.1) is 22.9 Å². The Labute approximate surface area is 115 Å². The molecule has 0 amide bonds. The molecule has 1 aromatic carbocycles. The zero-order chi connectivity index (χ0) is 14.4. The number of benzene rings is 1. The van der Waals surface area contributed by atoms with E-state index in [1.165, 1.54) is 18.2 Å². The molecule has 102 valence electrons. The molecule has 1 unspecified atom stereocenters. The van der Waals surface area contributed by atoms with Crippen molar-refractivity contribution in [3.63, 3.8) is 0 Å². The largest absolute Gasteiger partial charge is 0.478 e. The van der Waals surface area contributed by atoms with E-state index in [0.717, 1.165) is 0 Å². The minimum atomic E-state index is -1.12. The van der Waals surface area contributed by atoms with E-state index >= 15 is 0 Å². The number of hydrogen-bond donors (Lipinski definition) is 1. The molecule has 0 spiro atoms. The van der Waals surface area contributed by atoms with Crippen molar-refractivity contribution in [3.8, 4) is 0 Å². The molecular weight excluding hydrogens is 272 g/mol. The van der Waals surface area contributed by atoms with Gasteiger partial charge in [0.25, 0.3) is 0 Å². The minimum absolute atomic E-state index is 0.0148. The fourth-order valence-corrected chi connectivity index (χ4v) is 1.46. The standard InChI is InChI=1S/C12H13ClN2O4/c1-3-19-12(18)7(2)14-15-8-4-5-9(11(16)17)10(13)6-8/h4-7H,3H2,1-2H3,(H,16,17). The third-order valence-electron chi connectivity index (χ3n) is 2.16. The van der Waals surface area contributed by atoms with Gasteiger partial charge in [0.1, 0.15) is 0 Å². The first-order valence-electron chi connectivity index (χ1n) is 5.56. The lowest BCUT2D eigenvalue weighted by molar-refractivity contribution is -0.144. The van der Waals surface area contributed by atoms with Crippen LogP contribution >= 0.6 is 11.6 Å². The number of nitrogens with zero attached hydrogens (tertiary/aromatic N) is 2. The van der Waals surface area contributed by atoms with Gasteiger partial charge in [0.15, 0.2) is 6.04 Å². The van der Waals surface area contributed by atoms with E-state index in [0.29, 0.717) is 5.69 Å². The lowest BCUT2D eigenvalue weighted by Gasteiger charge is -2.04. The van der Waals surface area contributed by atoms with Crippen LogP contribution in [-0.2, 0) is 9.53 Å². The van der Waals surface area contributed by atoms with Crippen molar-refractivity contribution in [2.75, 3.05) is 6.61 Å². The Morgan fingerprint density at radius 2 is 2.16 bits per heavy atom. The zero-order valence-electron chi connectivity index (χ0n) is 10.5. The summed E-state index contributed by atoms with van der Waals surface area (Å²) >= 11 is 5.78. The van der Waals surface area contributed by atoms with Crippen LogP contribution in [-0.4, -0.2) is 29.7 Å². The lowest BCUT2D eigenvalue weighted by atomic mass is 10.2. The molecule has 0 fully saturated rings. The second-order valence-electron chi connectivity index (χ2n) is 3.61. The Morgan fingerprint density at radius 3 is 2.68 bits per heavy atom. The number of esters is 1. The number of carbonyl (C=O) groups is 2. The molecule has 1 N–H and O–H groups in total. The van der Waals surface area contributed by atoms with Gasteiger partial charge in [-0.2, -0.15) is 10.2 Å². The zero-order valence-corrected chi connectivity index (χ0v) is 11.2. The van der Waals surface area contributed by atoms with Crippen LogP contribution in [0.5, 0.6) is 0 Å². The summed E-state index contributed by atoms with van der Waals surface area (Å²) in [6, 6.07) is 3.43. The summed E-state index contributed by atoms with van der Waals surface area (Å²) in [5.74, 6) is -1.59. The van der Waals surface area contributed by atoms with Crippen LogP contribution in [0.4, 0.5) is 5.69 Å². The topological polar surface area (TPSA) is 88.3 Å². The molecule has 1 rings (SSSR count). The monoisotopic (exact) mass is 284 g/mol. The second-order valence-corrected chi connectivity index (χ2v) is 4.02. The van der Waals surface area contributed by atoms with Gasteiger partial charge in [-0.1, -0.05) is 11.6 Å². The molecule has 0 bridgehead atoms. The van der Waals surface area contributed by atoms with Gasteiger partial charge in [-0.05, 0) is 32.0 Å². The maximum absolute atomic E-state index is 11.3. The summed E-state index contributed by atoms with van der Waals surface area (Å²) in [4.78, 5) is 22.1. The van der Waals surface area contributed by atoms with Crippen LogP contribution in [0, 0.1) is 0 Å². The average molecular weight is 285 g/mol. The molecule has 19 heavy (non-hydrogen) atoms. The molecule has 6 nitrogen and oxygen atoms in total. The van der Waals surface area contributed by atoms with Crippen LogP contribution in [0.1, 0.15) is 24.2 Å². The second kappa shape index (κ2) is 6.84. The number of carboxylic acids is 1. The summed E-state index contributed by atoms with van der Waals surface area (Å²) in [6.45, 7) is 3.53. The quantitative estimate of drug-likeness (QED) is 0.665. The number of halogens is 1. The van der Waals surface area contributed by atoms with Gasteiger partial charge in [0, 0.05) is 0 Å². The molecule has 0 heterocycles. The highest BCUT2D eigenvalue weighted by atomic mass is 35.5. The Morgan fingerprint density at radius 1 is 1.47 bits per heavy atom.